The summed E-state index contributed by atoms with van der Waals surface area (Å²) in [5.41, 5.74) is 0.327. The zero-order valence-corrected chi connectivity index (χ0v) is 14.0. The van der Waals surface area contributed by atoms with Crippen molar-refractivity contribution in [2.45, 2.75) is 58.0 Å². The van der Waals surface area contributed by atoms with E-state index in [1.807, 2.05) is 0 Å². The molecule has 0 spiro atoms. The minimum atomic E-state index is -0.296. The molecule has 1 fully saturated rings. The molecule has 0 atom stereocenters. The van der Waals surface area contributed by atoms with Gasteiger partial charge in [-0.1, -0.05) is 19.8 Å². The lowest BCUT2D eigenvalue weighted by Crippen LogP contribution is -2.31. The molecule has 4 heteroatoms. The number of nitrogens with zero attached hydrogens (tertiary/aromatic N) is 1. The van der Waals surface area contributed by atoms with Crippen LogP contribution < -0.4 is 4.74 Å². The summed E-state index contributed by atoms with van der Waals surface area (Å²) in [5.74, 6) is 0.421. The number of unbranched alkanes of at least 4 members (excludes halogenated alkanes) is 1. The molecular formula is C19H25NO3. The number of methoxy groups -OCH3 is 1. The van der Waals surface area contributed by atoms with Crippen molar-refractivity contribution in [3.05, 3.63) is 29.8 Å². The first-order chi connectivity index (χ1) is 11.1. The van der Waals surface area contributed by atoms with E-state index in [2.05, 4.69) is 13.0 Å². The number of carbonyl (C=O) groups is 1. The molecule has 0 aliphatic heterocycles. The third-order valence-corrected chi connectivity index (χ3v) is 4.74. The van der Waals surface area contributed by atoms with Crippen molar-refractivity contribution in [3.8, 4) is 11.8 Å². The molecule has 0 aromatic heterocycles. The van der Waals surface area contributed by atoms with Gasteiger partial charge in [-0.3, -0.25) is 0 Å². The number of ether oxygens (including phenoxy) is 2. The monoisotopic (exact) mass is 315 g/mol. The molecule has 1 aromatic rings. The molecule has 0 unspecified atom stereocenters. The van der Waals surface area contributed by atoms with E-state index < -0.39 is 0 Å². The largest absolute Gasteiger partial charge is 0.497 e. The van der Waals surface area contributed by atoms with Crippen molar-refractivity contribution in [2.24, 2.45) is 5.41 Å². The minimum Gasteiger partial charge on any atom is -0.497 e. The smallest absolute Gasteiger partial charge is 0.338 e. The quantitative estimate of drug-likeness (QED) is 0.725. The van der Waals surface area contributed by atoms with Crippen molar-refractivity contribution >= 4 is 5.97 Å². The molecule has 0 amide bonds. The van der Waals surface area contributed by atoms with E-state index in [1.54, 1.807) is 31.4 Å². The Hall–Kier alpha value is -2.02. The second-order valence-corrected chi connectivity index (χ2v) is 6.33. The molecule has 23 heavy (non-hydrogen) atoms. The van der Waals surface area contributed by atoms with Gasteiger partial charge >= 0.3 is 5.97 Å². The highest BCUT2D eigenvalue weighted by atomic mass is 16.5. The van der Waals surface area contributed by atoms with Gasteiger partial charge in [0, 0.05) is 0 Å². The van der Waals surface area contributed by atoms with Crippen molar-refractivity contribution in [2.75, 3.05) is 7.11 Å². The van der Waals surface area contributed by atoms with E-state index in [4.69, 9.17) is 9.47 Å². The van der Waals surface area contributed by atoms with Crippen LogP contribution in [-0.2, 0) is 4.74 Å². The number of esters is 1. The average molecular weight is 315 g/mol. The van der Waals surface area contributed by atoms with Crippen molar-refractivity contribution in [1.82, 2.24) is 0 Å². The molecule has 1 aromatic carbocycles. The SMILES string of the molecule is CCCCC1(C#N)CCC(OC(=O)c2ccc(OC)cc2)CC1. The molecule has 124 valence electrons. The fraction of sp³-hybridized carbons (Fsp3) is 0.579. The Morgan fingerprint density at radius 1 is 1.30 bits per heavy atom. The maximum absolute atomic E-state index is 12.2. The number of nitriles is 1. The van der Waals surface area contributed by atoms with Crippen LogP contribution in [0.1, 0.15) is 62.2 Å². The molecule has 1 aliphatic rings. The summed E-state index contributed by atoms with van der Waals surface area (Å²) in [6, 6.07) is 9.45. The Morgan fingerprint density at radius 2 is 1.96 bits per heavy atom. The van der Waals surface area contributed by atoms with Crippen LogP contribution >= 0.6 is 0 Å². The summed E-state index contributed by atoms with van der Waals surface area (Å²) in [6.07, 6.45) is 6.28. The van der Waals surface area contributed by atoms with Crippen LogP contribution in [0.15, 0.2) is 24.3 Å². The first kappa shape index (κ1) is 17.3. The number of hydrogen-bond acceptors (Lipinski definition) is 4. The van der Waals surface area contributed by atoms with Crippen LogP contribution in [0, 0.1) is 16.7 Å². The summed E-state index contributed by atoms with van der Waals surface area (Å²) < 4.78 is 10.7. The van der Waals surface area contributed by atoms with E-state index in [9.17, 15) is 10.1 Å². The highest BCUT2D eigenvalue weighted by Crippen LogP contribution is 2.41. The van der Waals surface area contributed by atoms with Gasteiger partial charge in [0.15, 0.2) is 0 Å². The van der Waals surface area contributed by atoms with Gasteiger partial charge in [0.05, 0.1) is 24.2 Å². The predicted octanol–water partition coefficient (Wildman–Crippen LogP) is 4.49. The second-order valence-electron chi connectivity index (χ2n) is 6.33. The van der Waals surface area contributed by atoms with E-state index in [-0.39, 0.29) is 17.5 Å². The molecule has 4 nitrogen and oxygen atoms in total. The lowest BCUT2D eigenvalue weighted by molar-refractivity contribution is 0.0105. The van der Waals surface area contributed by atoms with Crippen LogP contribution in [-0.4, -0.2) is 19.2 Å². The summed E-state index contributed by atoms with van der Waals surface area (Å²) in [4.78, 5) is 12.2. The Morgan fingerprint density at radius 3 is 2.48 bits per heavy atom. The predicted molar refractivity (Wildman–Crippen MR) is 88.2 cm³/mol. The lowest BCUT2D eigenvalue weighted by atomic mass is 9.71. The van der Waals surface area contributed by atoms with Crippen LogP contribution in [0.2, 0.25) is 0 Å². The lowest BCUT2D eigenvalue weighted by Gasteiger charge is -2.34. The molecule has 0 radical (unpaired) electrons. The van der Waals surface area contributed by atoms with Gasteiger partial charge in [-0.25, -0.2) is 4.79 Å². The zero-order valence-electron chi connectivity index (χ0n) is 14.0. The molecule has 0 heterocycles. The fourth-order valence-corrected chi connectivity index (χ4v) is 3.14. The van der Waals surface area contributed by atoms with Crippen molar-refractivity contribution in [1.29, 1.82) is 5.26 Å². The van der Waals surface area contributed by atoms with Gasteiger partial charge in [0.1, 0.15) is 11.9 Å². The first-order valence-corrected chi connectivity index (χ1v) is 8.39. The van der Waals surface area contributed by atoms with Crippen LogP contribution in [0.5, 0.6) is 5.75 Å². The Labute approximate surface area is 138 Å². The molecule has 1 saturated carbocycles. The first-order valence-electron chi connectivity index (χ1n) is 8.39. The molecule has 2 rings (SSSR count). The summed E-state index contributed by atoms with van der Waals surface area (Å²) >= 11 is 0. The van der Waals surface area contributed by atoms with Gasteiger partial charge in [0.25, 0.3) is 0 Å². The summed E-state index contributed by atoms with van der Waals surface area (Å²) in [7, 11) is 1.59. The highest BCUT2D eigenvalue weighted by Gasteiger charge is 2.36. The maximum Gasteiger partial charge on any atom is 0.338 e. The zero-order chi connectivity index (χ0) is 16.7. The van der Waals surface area contributed by atoms with Gasteiger partial charge in [-0.2, -0.15) is 5.26 Å². The molecule has 0 saturated heterocycles. The number of rotatable bonds is 6. The summed E-state index contributed by atoms with van der Waals surface area (Å²) in [6.45, 7) is 2.15. The Kier molecular flexibility index (Phi) is 6.04. The molecule has 1 aliphatic carbocycles. The Bertz CT molecular complexity index is 551. The van der Waals surface area contributed by atoms with Gasteiger partial charge in [0.2, 0.25) is 0 Å². The average Bonchev–Trinajstić information content (AvgIpc) is 2.61. The molecule has 0 bridgehead atoms. The minimum absolute atomic E-state index is 0.0762. The number of hydrogen-bond donors (Lipinski definition) is 0. The van der Waals surface area contributed by atoms with E-state index >= 15 is 0 Å². The topological polar surface area (TPSA) is 59.3 Å². The van der Waals surface area contributed by atoms with E-state index in [1.165, 1.54) is 0 Å². The molecular weight excluding hydrogens is 290 g/mol. The standard InChI is InChI=1S/C19H25NO3/c1-3-4-11-19(14-20)12-9-17(10-13-19)23-18(21)15-5-7-16(22-2)8-6-15/h5-8,17H,3-4,9-13H2,1-2H3. The maximum atomic E-state index is 12.2. The normalized spacial score (nSPS) is 23.8. The number of benzene rings is 1. The van der Waals surface area contributed by atoms with Crippen molar-refractivity contribution in [3.63, 3.8) is 0 Å². The van der Waals surface area contributed by atoms with E-state index in [0.717, 1.165) is 44.9 Å². The fourth-order valence-electron chi connectivity index (χ4n) is 3.14. The molecule has 0 N–H and O–H groups in total. The van der Waals surface area contributed by atoms with Crippen LogP contribution in [0.25, 0.3) is 0 Å². The number of carbonyl (C=O) groups excluding carboxylic acids is 1. The summed E-state index contributed by atoms with van der Waals surface area (Å²) in [5, 5.41) is 9.49. The van der Waals surface area contributed by atoms with E-state index in [0.29, 0.717) is 11.3 Å². The van der Waals surface area contributed by atoms with Gasteiger partial charge in [-0.05, 0) is 56.4 Å². The van der Waals surface area contributed by atoms with Crippen LogP contribution in [0.4, 0.5) is 0 Å². The van der Waals surface area contributed by atoms with Crippen molar-refractivity contribution < 1.29 is 14.3 Å². The van der Waals surface area contributed by atoms with Gasteiger partial charge < -0.3 is 9.47 Å². The Balaban J connectivity index is 1.88. The highest BCUT2D eigenvalue weighted by molar-refractivity contribution is 5.89. The third-order valence-electron chi connectivity index (χ3n) is 4.74. The van der Waals surface area contributed by atoms with Gasteiger partial charge in [-0.15, -0.1) is 0 Å². The van der Waals surface area contributed by atoms with Crippen LogP contribution in [0.3, 0.4) is 0 Å². The second kappa shape index (κ2) is 8.01. The third kappa shape index (κ3) is 4.48.